The minimum atomic E-state index is -0.0567. The number of rotatable bonds is 7. The maximum Gasteiger partial charge on any atom is 0.305 e. The topological polar surface area (TPSA) is 64.6 Å². The van der Waals surface area contributed by atoms with Gasteiger partial charge in [0.25, 0.3) is 0 Å². The lowest BCUT2D eigenvalue weighted by molar-refractivity contribution is -0.151. The average molecular weight is 512 g/mol. The van der Waals surface area contributed by atoms with Gasteiger partial charge in [0, 0.05) is 38.6 Å². The standard InChI is InChI=1S/C32H49NO4/c1-7-29(35)36-23-12-14-31(5)22(16-23)9-10-24-25(31)13-15-32(6)26(24)17-28-30(32)20(3)27(37-28)11-8-19(2)18-33-21(4)34/h9,19,23-26,28,30H,7-8,10-18H2,1-6H3,(H,33,34)/t19-,23+,24-,25+,26-,28-,30+,31+,32+/m1/s1. The van der Waals surface area contributed by atoms with Crippen LogP contribution < -0.4 is 5.32 Å². The number of hydrogen-bond acceptors (Lipinski definition) is 4. The summed E-state index contributed by atoms with van der Waals surface area (Å²) in [5.41, 5.74) is 3.67. The number of fused-ring (bicyclic) bond motifs is 7. The monoisotopic (exact) mass is 511 g/mol. The van der Waals surface area contributed by atoms with E-state index in [0.29, 0.717) is 29.8 Å². The van der Waals surface area contributed by atoms with E-state index in [0.717, 1.165) is 56.4 Å². The molecule has 0 aromatic carbocycles. The summed E-state index contributed by atoms with van der Waals surface area (Å²) < 4.78 is 12.5. The Hall–Kier alpha value is -1.78. The Morgan fingerprint density at radius 3 is 2.73 bits per heavy atom. The summed E-state index contributed by atoms with van der Waals surface area (Å²) in [6.07, 6.45) is 13.5. The Morgan fingerprint density at radius 2 is 2.00 bits per heavy atom. The summed E-state index contributed by atoms with van der Waals surface area (Å²) in [6.45, 7) is 13.9. The molecule has 4 aliphatic carbocycles. The number of hydrogen-bond donors (Lipinski definition) is 1. The van der Waals surface area contributed by atoms with E-state index in [1.54, 1.807) is 12.5 Å². The first-order valence-electron chi connectivity index (χ1n) is 15.1. The highest BCUT2D eigenvalue weighted by Crippen LogP contribution is 2.69. The third kappa shape index (κ3) is 4.67. The fourth-order valence-corrected chi connectivity index (χ4v) is 9.38. The van der Waals surface area contributed by atoms with Crippen LogP contribution >= 0.6 is 0 Å². The third-order valence-electron chi connectivity index (χ3n) is 11.4. The van der Waals surface area contributed by atoms with Gasteiger partial charge in [-0.3, -0.25) is 9.59 Å². The molecule has 0 bridgehead atoms. The van der Waals surface area contributed by atoms with Crippen LogP contribution in [0.1, 0.15) is 106 Å². The first-order valence-corrected chi connectivity index (χ1v) is 15.1. The molecule has 5 nitrogen and oxygen atoms in total. The van der Waals surface area contributed by atoms with E-state index in [4.69, 9.17) is 9.47 Å². The van der Waals surface area contributed by atoms with Gasteiger partial charge in [0.1, 0.15) is 12.2 Å². The van der Waals surface area contributed by atoms with Crippen LogP contribution in [-0.4, -0.2) is 30.6 Å². The predicted molar refractivity (Wildman–Crippen MR) is 145 cm³/mol. The lowest BCUT2D eigenvalue weighted by Crippen LogP contribution is -2.50. The van der Waals surface area contributed by atoms with E-state index in [2.05, 4.69) is 39.1 Å². The van der Waals surface area contributed by atoms with Crippen molar-refractivity contribution < 1.29 is 19.1 Å². The van der Waals surface area contributed by atoms with Crippen molar-refractivity contribution in [3.8, 4) is 0 Å². The molecule has 3 saturated carbocycles. The molecule has 1 N–H and O–H groups in total. The van der Waals surface area contributed by atoms with Gasteiger partial charge in [0.05, 0.1) is 5.76 Å². The highest BCUT2D eigenvalue weighted by atomic mass is 16.5. The molecule has 9 atom stereocenters. The van der Waals surface area contributed by atoms with Crippen LogP contribution in [0, 0.1) is 40.4 Å². The SMILES string of the molecule is CCC(=O)O[C@H]1CC[C@@]2(C)C(=CC[C@H]3[C@H]4C[C@H]5OC(CC[C@@H](C)CNC(C)=O)=C(C)[C@@H]5[C@@]4(C)CC[C@@H]32)C1. The van der Waals surface area contributed by atoms with Gasteiger partial charge in [0.15, 0.2) is 0 Å². The van der Waals surface area contributed by atoms with E-state index in [9.17, 15) is 9.59 Å². The summed E-state index contributed by atoms with van der Waals surface area (Å²) in [5.74, 6) is 4.45. The zero-order valence-electron chi connectivity index (χ0n) is 24.0. The number of allylic oxidation sites excluding steroid dienone is 2. The maximum absolute atomic E-state index is 11.9. The zero-order chi connectivity index (χ0) is 26.5. The molecule has 1 aliphatic heterocycles. The van der Waals surface area contributed by atoms with Crippen LogP contribution in [0.2, 0.25) is 0 Å². The van der Waals surface area contributed by atoms with E-state index < -0.39 is 0 Å². The van der Waals surface area contributed by atoms with Gasteiger partial charge < -0.3 is 14.8 Å². The third-order valence-corrected chi connectivity index (χ3v) is 11.4. The fraction of sp³-hybridized carbons (Fsp3) is 0.812. The van der Waals surface area contributed by atoms with Crippen LogP contribution in [0.15, 0.2) is 23.0 Å². The molecular weight excluding hydrogens is 462 g/mol. The maximum atomic E-state index is 11.9. The van der Waals surface area contributed by atoms with Crippen LogP contribution in [-0.2, 0) is 19.1 Å². The van der Waals surface area contributed by atoms with Crippen molar-refractivity contribution in [2.75, 3.05) is 6.54 Å². The minimum Gasteiger partial charge on any atom is -0.494 e. The molecule has 206 valence electrons. The van der Waals surface area contributed by atoms with Crippen LogP contribution in [0.25, 0.3) is 0 Å². The zero-order valence-corrected chi connectivity index (χ0v) is 24.0. The van der Waals surface area contributed by atoms with E-state index in [1.807, 2.05) is 6.92 Å². The molecule has 3 fully saturated rings. The summed E-state index contributed by atoms with van der Waals surface area (Å²) in [4.78, 5) is 23.2. The molecule has 0 radical (unpaired) electrons. The van der Waals surface area contributed by atoms with Crippen molar-refractivity contribution in [2.24, 2.45) is 40.4 Å². The molecule has 0 spiro atoms. The van der Waals surface area contributed by atoms with Crippen molar-refractivity contribution in [3.63, 3.8) is 0 Å². The Balaban J connectivity index is 1.28. The molecule has 1 amide bonds. The Kier molecular flexibility index (Phi) is 7.30. The van der Waals surface area contributed by atoms with Gasteiger partial charge in [-0.25, -0.2) is 0 Å². The van der Waals surface area contributed by atoms with Gasteiger partial charge in [-0.1, -0.05) is 39.3 Å². The predicted octanol–water partition coefficient (Wildman–Crippen LogP) is 6.72. The summed E-state index contributed by atoms with van der Waals surface area (Å²) >= 11 is 0. The highest BCUT2D eigenvalue weighted by molar-refractivity contribution is 5.72. The second-order valence-corrected chi connectivity index (χ2v) is 13.6. The van der Waals surface area contributed by atoms with Crippen molar-refractivity contribution in [1.82, 2.24) is 5.32 Å². The first kappa shape index (κ1) is 26.8. The molecule has 5 heteroatoms. The first-order chi connectivity index (χ1) is 17.6. The average Bonchev–Trinajstić information content (AvgIpc) is 3.34. The molecule has 0 aromatic rings. The van der Waals surface area contributed by atoms with Gasteiger partial charge in [-0.15, -0.1) is 0 Å². The van der Waals surface area contributed by atoms with Crippen molar-refractivity contribution in [2.45, 2.75) is 118 Å². The lowest BCUT2D eigenvalue weighted by Gasteiger charge is -2.58. The van der Waals surface area contributed by atoms with Crippen LogP contribution in [0.3, 0.4) is 0 Å². The number of esters is 1. The number of nitrogens with one attached hydrogen (secondary N) is 1. The lowest BCUT2D eigenvalue weighted by atomic mass is 9.47. The molecular formula is C32H49NO4. The molecule has 0 saturated heterocycles. The fourth-order valence-electron chi connectivity index (χ4n) is 9.38. The van der Waals surface area contributed by atoms with Gasteiger partial charge in [-0.05, 0) is 91.9 Å². The van der Waals surface area contributed by atoms with E-state index >= 15 is 0 Å². The largest absolute Gasteiger partial charge is 0.494 e. The van der Waals surface area contributed by atoms with Crippen LogP contribution in [0.5, 0.6) is 0 Å². The van der Waals surface area contributed by atoms with Gasteiger partial charge >= 0.3 is 5.97 Å². The number of amides is 1. The summed E-state index contributed by atoms with van der Waals surface area (Å²) in [5, 5.41) is 2.96. The Morgan fingerprint density at radius 1 is 1.22 bits per heavy atom. The molecule has 1 heterocycles. The second kappa shape index (κ2) is 10.1. The van der Waals surface area contributed by atoms with Gasteiger partial charge in [0.2, 0.25) is 5.91 Å². The number of carbonyl (C=O) groups excluding carboxylic acids is 2. The Bertz CT molecular complexity index is 983. The van der Waals surface area contributed by atoms with Crippen molar-refractivity contribution in [1.29, 1.82) is 0 Å². The quantitative estimate of drug-likeness (QED) is 0.304. The second-order valence-electron chi connectivity index (χ2n) is 13.6. The molecule has 5 rings (SSSR count). The highest BCUT2D eigenvalue weighted by Gasteiger charge is 2.63. The van der Waals surface area contributed by atoms with Crippen molar-refractivity contribution >= 4 is 11.9 Å². The van der Waals surface area contributed by atoms with E-state index in [-0.39, 0.29) is 23.4 Å². The molecule has 0 aromatic heterocycles. The summed E-state index contributed by atoms with van der Waals surface area (Å²) in [7, 11) is 0. The smallest absolute Gasteiger partial charge is 0.305 e. The number of carbonyl (C=O) groups is 2. The van der Waals surface area contributed by atoms with E-state index in [1.165, 1.54) is 37.0 Å². The van der Waals surface area contributed by atoms with Crippen molar-refractivity contribution in [3.05, 3.63) is 23.0 Å². The normalized spacial score (nSPS) is 41.0. The van der Waals surface area contributed by atoms with Crippen LogP contribution in [0.4, 0.5) is 0 Å². The Labute approximate surface area is 224 Å². The number of ether oxygens (including phenoxy) is 2. The van der Waals surface area contributed by atoms with Gasteiger partial charge in [-0.2, -0.15) is 0 Å². The summed E-state index contributed by atoms with van der Waals surface area (Å²) in [6, 6.07) is 0. The molecule has 37 heavy (non-hydrogen) atoms. The molecule has 0 unspecified atom stereocenters. The molecule has 5 aliphatic rings. The minimum absolute atomic E-state index is 0.0509.